The molecule has 2 aliphatic rings. The SMILES string of the molecule is O=C(CN1CCN(S(=O)(=O)c2ccccc2Cl)CC1)NCC1CCCCC1. The topological polar surface area (TPSA) is 69.7 Å². The van der Waals surface area contributed by atoms with Gasteiger partial charge in [-0.2, -0.15) is 4.31 Å². The van der Waals surface area contributed by atoms with Crippen molar-refractivity contribution in [2.75, 3.05) is 39.3 Å². The van der Waals surface area contributed by atoms with Gasteiger partial charge in [0, 0.05) is 32.7 Å². The van der Waals surface area contributed by atoms with Crippen molar-refractivity contribution in [2.45, 2.75) is 37.0 Å². The number of piperazine rings is 1. The number of benzene rings is 1. The van der Waals surface area contributed by atoms with Gasteiger partial charge in [0.05, 0.1) is 11.6 Å². The average Bonchev–Trinajstić information content (AvgIpc) is 2.68. The van der Waals surface area contributed by atoms with Crippen LogP contribution >= 0.6 is 11.6 Å². The number of carbonyl (C=O) groups is 1. The summed E-state index contributed by atoms with van der Waals surface area (Å²) in [7, 11) is -3.60. The van der Waals surface area contributed by atoms with Crippen molar-refractivity contribution in [1.82, 2.24) is 14.5 Å². The Kier molecular flexibility index (Phi) is 7.14. The largest absolute Gasteiger partial charge is 0.355 e. The normalized spacial score (nSPS) is 20.5. The summed E-state index contributed by atoms with van der Waals surface area (Å²) < 4.78 is 27.0. The molecule has 1 heterocycles. The van der Waals surface area contributed by atoms with E-state index in [0.717, 1.165) is 6.54 Å². The van der Waals surface area contributed by atoms with E-state index in [4.69, 9.17) is 11.6 Å². The van der Waals surface area contributed by atoms with Gasteiger partial charge < -0.3 is 5.32 Å². The van der Waals surface area contributed by atoms with Crippen LogP contribution in [0.15, 0.2) is 29.2 Å². The van der Waals surface area contributed by atoms with Crippen LogP contribution in [0.1, 0.15) is 32.1 Å². The number of hydrogen-bond donors (Lipinski definition) is 1. The molecule has 0 radical (unpaired) electrons. The number of halogens is 1. The number of hydrogen-bond acceptors (Lipinski definition) is 4. The van der Waals surface area contributed by atoms with E-state index in [1.807, 2.05) is 4.90 Å². The van der Waals surface area contributed by atoms with Gasteiger partial charge in [-0.25, -0.2) is 8.42 Å². The van der Waals surface area contributed by atoms with Crippen molar-refractivity contribution in [1.29, 1.82) is 0 Å². The second-order valence-corrected chi connectivity index (χ2v) is 9.73. The minimum atomic E-state index is -3.60. The molecule has 2 fully saturated rings. The molecule has 1 aromatic rings. The molecule has 0 unspecified atom stereocenters. The quantitative estimate of drug-likeness (QED) is 0.777. The summed E-state index contributed by atoms with van der Waals surface area (Å²) >= 11 is 6.06. The average molecular weight is 414 g/mol. The first-order chi connectivity index (χ1) is 13.0. The number of nitrogens with zero attached hydrogens (tertiary/aromatic N) is 2. The first-order valence-corrected chi connectivity index (χ1v) is 11.5. The second kappa shape index (κ2) is 9.37. The molecule has 8 heteroatoms. The molecule has 150 valence electrons. The predicted octanol–water partition coefficient (Wildman–Crippen LogP) is 2.34. The zero-order chi connectivity index (χ0) is 19.3. The van der Waals surface area contributed by atoms with E-state index in [2.05, 4.69) is 5.32 Å². The molecular weight excluding hydrogens is 386 g/mol. The van der Waals surface area contributed by atoms with Crippen LogP contribution in [0, 0.1) is 5.92 Å². The Balaban J connectivity index is 1.46. The summed E-state index contributed by atoms with van der Waals surface area (Å²) in [6.45, 7) is 2.90. The van der Waals surface area contributed by atoms with E-state index in [-0.39, 0.29) is 15.8 Å². The fourth-order valence-electron chi connectivity index (χ4n) is 3.83. The van der Waals surface area contributed by atoms with E-state index in [9.17, 15) is 13.2 Å². The van der Waals surface area contributed by atoms with Gasteiger partial charge in [-0.3, -0.25) is 9.69 Å². The van der Waals surface area contributed by atoms with Gasteiger partial charge in [0.25, 0.3) is 0 Å². The Labute approximate surface area is 166 Å². The van der Waals surface area contributed by atoms with Crippen molar-refractivity contribution >= 4 is 27.5 Å². The number of nitrogens with one attached hydrogen (secondary N) is 1. The van der Waals surface area contributed by atoms with Gasteiger partial charge in [-0.15, -0.1) is 0 Å². The lowest BCUT2D eigenvalue weighted by atomic mass is 9.89. The molecule has 27 heavy (non-hydrogen) atoms. The second-order valence-electron chi connectivity index (χ2n) is 7.42. The van der Waals surface area contributed by atoms with Crippen LogP contribution in [-0.2, 0) is 14.8 Å². The van der Waals surface area contributed by atoms with E-state index in [1.165, 1.54) is 42.5 Å². The van der Waals surface area contributed by atoms with Crippen LogP contribution < -0.4 is 5.32 Å². The number of sulfonamides is 1. The highest BCUT2D eigenvalue weighted by Crippen LogP contribution is 2.25. The summed E-state index contributed by atoms with van der Waals surface area (Å²) in [5, 5.41) is 3.28. The molecule has 1 saturated carbocycles. The van der Waals surface area contributed by atoms with Crippen molar-refractivity contribution < 1.29 is 13.2 Å². The Bertz CT molecular complexity index is 742. The minimum Gasteiger partial charge on any atom is -0.355 e. The fraction of sp³-hybridized carbons (Fsp3) is 0.632. The highest BCUT2D eigenvalue weighted by atomic mass is 35.5. The maximum atomic E-state index is 12.8. The number of carbonyl (C=O) groups excluding carboxylic acids is 1. The first-order valence-electron chi connectivity index (χ1n) is 9.70. The Hall–Kier alpha value is -1.15. The standard InChI is InChI=1S/C19H28ClN3O3S/c20-17-8-4-5-9-18(17)27(25,26)23-12-10-22(11-13-23)15-19(24)21-14-16-6-2-1-3-7-16/h4-5,8-9,16H,1-3,6-7,10-15H2,(H,21,24). The fourth-order valence-corrected chi connectivity index (χ4v) is 5.74. The summed E-state index contributed by atoms with van der Waals surface area (Å²) in [5.74, 6) is 0.642. The molecule has 1 aliphatic carbocycles. The molecule has 3 rings (SSSR count). The summed E-state index contributed by atoms with van der Waals surface area (Å²) in [6.07, 6.45) is 6.26. The lowest BCUT2D eigenvalue weighted by Crippen LogP contribution is -2.51. The van der Waals surface area contributed by atoms with Crippen LogP contribution in [0.5, 0.6) is 0 Å². The maximum Gasteiger partial charge on any atom is 0.244 e. The van der Waals surface area contributed by atoms with Gasteiger partial charge in [0.2, 0.25) is 15.9 Å². The lowest BCUT2D eigenvalue weighted by Gasteiger charge is -2.33. The zero-order valence-electron chi connectivity index (χ0n) is 15.6. The van der Waals surface area contributed by atoms with Gasteiger partial charge >= 0.3 is 0 Å². The summed E-state index contributed by atoms with van der Waals surface area (Å²) in [6, 6.07) is 6.50. The maximum absolute atomic E-state index is 12.8. The van der Waals surface area contributed by atoms with Crippen LogP contribution in [0.3, 0.4) is 0 Å². The predicted molar refractivity (Wildman–Crippen MR) is 106 cm³/mol. The summed E-state index contributed by atoms with van der Waals surface area (Å²) in [5.41, 5.74) is 0. The molecule has 0 aromatic heterocycles. The highest BCUT2D eigenvalue weighted by Gasteiger charge is 2.30. The zero-order valence-corrected chi connectivity index (χ0v) is 17.1. The van der Waals surface area contributed by atoms with Crippen LogP contribution in [-0.4, -0.2) is 62.8 Å². The Morgan fingerprint density at radius 1 is 1.07 bits per heavy atom. The smallest absolute Gasteiger partial charge is 0.244 e. The molecule has 1 saturated heterocycles. The van der Waals surface area contributed by atoms with E-state index < -0.39 is 10.0 Å². The van der Waals surface area contributed by atoms with E-state index >= 15 is 0 Å². The third-order valence-corrected chi connectivity index (χ3v) is 7.86. The van der Waals surface area contributed by atoms with Crippen LogP contribution in [0.25, 0.3) is 0 Å². The monoisotopic (exact) mass is 413 g/mol. The molecule has 1 aromatic carbocycles. The first kappa shape index (κ1) is 20.6. The molecule has 6 nitrogen and oxygen atoms in total. The molecule has 0 bridgehead atoms. The van der Waals surface area contributed by atoms with Crippen molar-refractivity contribution in [3.63, 3.8) is 0 Å². The molecular formula is C19H28ClN3O3S. The number of rotatable bonds is 6. The molecule has 1 N–H and O–H groups in total. The van der Waals surface area contributed by atoms with E-state index in [1.54, 1.807) is 18.2 Å². The van der Waals surface area contributed by atoms with Crippen molar-refractivity contribution in [3.05, 3.63) is 29.3 Å². The number of amides is 1. The van der Waals surface area contributed by atoms with Gasteiger partial charge in [0.15, 0.2) is 0 Å². The van der Waals surface area contributed by atoms with Crippen molar-refractivity contribution in [2.24, 2.45) is 5.92 Å². The Morgan fingerprint density at radius 3 is 2.41 bits per heavy atom. The molecule has 0 atom stereocenters. The van der Waals surface area contributed by atoms with Gasteiger partial charge in [-0.1, -0.05) is 43.0 Å². The molecule has 1 amide bonds. The Morgan fingerprint density at radius 2 is 1.74 bits per heavy atom. The van der Waals surface area contributed by atoms with Crippen molar-refractivity contribution in [3.8, 4) is 0 Å². The minimum absolute atomic E-state index is 0.0305. The third-order valence-electron chi connectivity index (χ3n) is 5.47. The van der Waals surface area contributed by atoms with E-state index in [0.29, 0.717) is 38.6 Å². The molecule has 0 spiro atoms. The molecule has 1 aliphatic heterocycles. The lowest BCUT2D eigenvalue weighted by molar-refractivity contribution is -0.122. The van der Waals surface area contributed by atoms with Gasteiger partial charge in [0.1, 0.15) is 4.90 Å². The highest BCUT2D eigenvalue weighted by molar-refractivity contribution is 7.89. The summed E-state index contributed by atoms with van der Waals surface area (Å²) in [4.78, 5) is 14.3. The van der Waals surface area contributed by atoms with Crippen LogP contribution in [0.4, 0.5) is 0 Å². The van der Waals surface area contributed by atoms with Gasteiger partial charge in [-0.05, 0) is 30.9 Å². The third kappa shape index (κ3) is 5.44. The van der Waals surface area contributed by atoms with Crippen LogP contribution in [0.2, 0.25) is 5.02 Å².